The SMILES string of the molecule is CC1(NC(=O)OCC2c3ccccc3-c3ccccc32)CCCCC1C(=O)NCCCC(=O)O. The number of hydrogen-bond acceptors (Lipinski definition) is 4. The van der Waals surface area contributed by atoms with E-state index in [1.54, 1.807) is 0 Å². The van der Waals surface area contributed by atoms with Crippen molar-refractivity contribution in [3.8, 4) is 11.1 Å². The Hall–Kier alpha value is -3.35. The monoisotopic (exact) mass is 464 g/mol. The third-order valence-electron chi connectivity index (χ3n) is 7.12. The third-order valence-corrected chi connectivity index (χ3v) is 7.12. The maximum absolute atomic E-state index is 12.9. The number of aliphatic carboxylic acids is 1. The maximum Gasteiger partial charge on any atom is 0.407 e. The predicted octanol–water partition coefficient (Wildman–Crippen LogP) is 4.46. The van der Waals surface area contributed by atoms with Crippen LogP contribution in [0.5, 0.6) is 0 Å². The molecule has 0 saturated heterocycles. The number of carbonyl (C=O) groups excluding carboxylic acids is 2. The molecule has 2 aliphatic carbocycles. The minimum Gasteiger partial charge on any atom is -0.481 e. The van der Waals surface area contributed by atoms with E-state index in [4.69, 9.17) is 9.84 Å². The van der Waals surface area contributed by atoms with Crippen LogP contribution >= 0.6 is 0 Å². The first kappa shape index (κ1) is 23.8. The Bertz CT molecular complexity index is 1020. The summed E-state index contributed by atoms with van der Waals surface area (Å²) in [6, 6.07) is 16.4. The van der Waals surface area contributed by atoms with E-state index in [-0.39, 0.29) is 30.8 Å². The van der Waals surface area contributed by atoms with Crippen LogP contribution in [0.25, 0.3) is 11.1 Å². The Balaban J connectivity index is 1.38. The van der Waals surface area contributed by atoms with E-state index in [1.807, 2.05) is 31.2 Å². The molecule has 2 amide bonds. The van der Waals surface area contributed by atoms with E-state index >= 15 is 0 Å². The van der Waals surface area contributed by atoms with Crippen LogP contribution in [0.3, 0.4) is 0 Å². The normalized spacial score (nSPS) is 21.3. The van der Waals surface area contributed by atoms with Gasteiger partial charge in [-0.25, -0.2) is 4.79 Å². The van der Waals surface area contributed by atoms with E-state index in [1.165, 1.54) is 11.1 Å². The summed E-state index contributed by atoms with van der Waals surface area (Å²) in [5.41, 5.74) is 3.94. The minimum absolute atomic E-state index is 0.0141. The van der Waals surface area contributed by atoms with Crippen LogP contribution in [-0.2, 0) is 14.3 Å². The van der Waals surface area contributed by atoms with Gasteiger partial charge in [0.1, 0.15) is 6.61 Å². The second-order valence-corrected chi connectivity index (χ2v) is 9.45. The van der Waals surface area contributed by atoms with Gasteiger partial charge < -0.3 is 20.5 Å². The van der Waals surface area contributed by atoms with Gasteiger partial charge in [0.2, 0.25) is 5.91 Å². The number of carbonyl (C=O) groups is 3. The van der Waals surface area contributed by atoms with Gasteiger partial charge in [-0.1, -0.05) is 61.4 Å². The number of nitrogens with one attached hydrogen (secondary N) is 2. The maximum atomic E-state index is 12.9. The van der Waals surface area contributed by atoms with Crippen LogP contribution in [0.2, 0.25) is 0 Å². The quantitative estimate of drug-likeness (QED) is 0.501. The van der Waals surface area contributed by atoms with Crippen LogP contribution in [0.4, 0.5) is 4.79 Å². The average Bonchev–Trinajstić information content (AvgIpc) is 3.14. The zero-order valence-electron chi connectivity index (χ0n) is 19.5. The van der Waals surface area contributed by atoms with Gasteiger partial charge in [0, 0.05) is 18.9 Å². The first-order valence-electron chi connectivity index (χ1n) is 12.0. The summed E-state index contributed by atoms with van der Waals surface area (Å²) in [4.78, 5) is 36.4. The Morgan fingerprint density at radius 2 is 1.68 bits per heavy atom. The summed E-state index contributed by atoms with van der Waals surface area (Å²) < 4.78 is 5.71. The second kappa shape index (κ2) is 10.3. The summed E-state index contributed by atoms with van der Waals surface area (Å²) in [6.45, 7) is 2.43. The summed E-state index contributed by atoms with van der Waals surface area (Å²) in [5, 5.41) is 14.6. The number of benzene rings is 2. The summed E-state index contributed by atoms with van der Waals surface area (Å²) >= 11 is 0. The number of hydrogen-bond donors (Lipinski definition) is 3. The summed E-state index contributed by atoms with van der Waals surface area (Å²) in [6.07, 6.45) is 3.06. The Morgan fingerprint density at radius 1 is 1.03 bits per heavy atom. The van der Waals surface area contributed by atoms with Crippen molar-refractivity contribution in [2.24, 2.45) is 5.92 Å². The number of carboxylic acids is 1. The fourth-order valence-electron chi connectivity index (χ4n) is 5.35. The zero-order valence-corrected chi connectivity index (χ0v) is 19.5. The van der Waals surface area contributed by atoms with Gasteiger partial charge in [0.25, 0.3) is 0 Å². The number of rotatable bonds is 8. The highest BCUT2D eigenvalue weighted by Gasteiger charge is 2.42. The van der Waals surface area contributed by atoms with Crippen molar-refractivity contribution in [2.45, 2.75) is 56.9 Å². The number of amides is 2. The van der Waals surface area contributed by atoms with Gasteiger partial charge in [-0.2, -0.15) is 0 Å². The van der Waals surface area contributed by atoms with E-state index in [9.17, 15) is 14.4 Å². The molecule has 180 valence electrons. The Kier molecular flexibility index (Phi) is 7.20. The molecule has 0 radical (unpaired) electrons. The van der Waals surface area contributed by atoms with E-state index in [2.05, 4.69) is 34.9 Å². The summed E-state index contributed by atoms with van der Waals surface area (Å²) in [5.74, 6) is -1.43. The van der Waals surface area contributed by atoms with Crippen LogP contribution in [0.15, 0.2) is 48.5 Å². The molecule has 2 aliphatic rings. The topological polar surface area (TPSA) is 105 Å². The Labute approximate surface area is 199 Å². The van der Waals surface area contributed by atoms with Crippen LogP contribution in [0.1, 0.15) is 62.5 Å². The van der Waals surface area contributed by atoms with Crippen molar-refractivity contribution in [1.82, 2.24) is 10.6 Å². The molecule has 2 aromatic carbocycles. The standard InChI is InChI=1S/C27H32N2O5/c1-27(15-7-6-13-23(27)25(32)28-16-8-14-24(30)31)29-26(33)34-17-22-20-11-4-2-9-18(20)19-10-3-5-12-21(19)22/h2-5,9-12,22-23H,6-8,13-17H2,1H3,(H,28,32)(H,29,33)(H,30,31). The lowest BCUT2D eigenvalue weighted by molar-refractivity contribution is -0.137. The van der Waals surface area contributed by atoms with Crippen molar-refractivity contribution >= 4 is 18.0 Å². The molecular weight excluding hydrogens is 432 g/mol. The lowest BCUT2D eigenvalue weighted by atomic mass is 9.73. The van der Waals surface area contributed by atoms with E-state index < -0.39 is 17.6 Å². The molecule has 0 aromatic heterocycles. The van der Waals surface area contributed by atoms with Gasteiger partial charge >= 0.3 is 12.1 Å². The molecule has 2 atom stereocenters. The highest BCUT2D eigenvalue weighted by Crippen LogP contribution is 2.44. The van der Waals surface area contributed by atoms with Gasteiger partial charge in [-0.3, -0.25) is 9.59 Å². The fourth-order valence-corrected chi connectivity index (χ4v) is 5.35. The van der Waals surface area contributed by atoms with Gasteiger partial charge in [-0.05, 0) is 48.4 Å². The smallest absolute Gasteiger partial charge is 0.407 e. The van der Waals surface area contributed by atoms with Gasteiger partial charge in [0.15, 0.2) is 0 Å². The van der Waals surface area contributed by atoms with Gasteiger partial charge in [0.05, 0.1) is 11.5 Å². The molecule has 2 unspecified atom stereocenters. The van der Waals surface area contributed by atoms with E-state index in [0.717, 1.165) is 24.0 Å². The number of ether oxygens (including phenoxy) is 1. The molecule has 34 heavy (non-hydrogen) atoms. The first-order chi connectivity index (χ1) is 16.4. The molecule has 2 aromatic rings. The van der Waals surface area contributed by atoms with Crippen molar-refractivity contribution in [3.05, 3.63) is 59.7 Å². The van der Waals surface area contributed by atoms with Gasteiger partial charge in [-0.15, -0.1) is 0 Å². The molecule has 7 nitrogen and oxygen atoms in total. The van der Waals surface area contributed by atoms with Crippen molar-refractivity contribution in [2.75, 3.05) is 13.2 Å². The number of alkyl carbamates (subject to hydrolysis) is 1. The zero-order chi connectivity index (χ0) is 24.1. The lowest BCUT2D eigenvalue weighted by Gasteiger charge is -2.40. The molecule has 1 saturated carbocycles. The largest absolute Gasteiger partial charge is 0.481 e. The molecule has 7 heteroatoms. The van der Waals surface area contributed by atoms with Crippen LogP contribution < -0.4 is 10.6 Å². The molecule has 0 spiro atoms. The summed E-state index contributed by atoms with van der Waals surface area (Å²) in [7, 11) is 0. The molecule has 1 fully saturated rings. The lowest BCUT2D eigenvalue weighted by Crippen LogP contribution is -2.57. The minimum atomic E-state index is -0.881. The number of fused-ring (bicyclic) bond motifs is 3. The molecule has 0 bridgehead atoms. The highest BCUT2D eigenvalue weighted by atomic mass is 16.5. The van der Waals surface area contributed by atoms with Crippen molar-refractivity contribution < 1.29 is 24.2 Å². The van der Waals surface area contributed by atoms with Crippen LogP contribution in [-0.4, -0.2) is 41.8 Å². The van der Waals surface area contributed by atoms with Crippen molar-refractivity contribution in [3.63, 3.8) is 0 Å². The van der Waals surface area contributed by atoms with Crippen molar-refractivity contribution in [1.29, 1.82) is 0 Å². The van der Waals surface area contributed by atoms with Crippen LogP contribution in [0, 0.1) is 5.92 Å². The molecule has 4 rings (SSSR count). The predicted molar refractivity (Wildman–Crippen MR) is 128 cm³/mol. The molecule has 0 heterocycles. The molecule has 3 N–H and O–H groups in total. The fraction of sp³-hybridized carbons (Fsp3) is 0.444. The van der Waals surface area contributed by atoms with E-state index in [0.29, 0.717) is 25.8 Å². The first-order valence-corrected chi connectivity index (χ1v) is 12.0. The second-order valence-electron chi connectivity index (χ2n) is 9.45. The molecular formula is C27H32N2O5. The highest BCUT2D eigenvalue weighted by molar-refractivity contribution is 5.82. The third kappa shape index (κ3) is 5.08. The number of carboxylic acid groups (broad SMARTS) is 1. The Morgan fingerprint density at radius 3 is 2.32 bits per heavy atom. The average molecular weight is 465 g/mol. The molecule has 0 aliphatic heterocycles.